The van der Waals surface area contributed by atoms with E-state index in [4.69, 9.17) is 9.47 Å². The van der Waals surface area contributed by atoms with E-state index in [1.165, 1.54) is 41.7 Å². The molecule has 9 heteroatoms. The molecule has 0 aliphatic rings. The molecule has 0 unspecified atom stereocenters. The Morgan fingerprint density at radius 2 is 1.81 bits per heavy atom. The van der Waals surface area contributed by atoms with Gasteiger partial charge in [-0.15, -0.1) is 10.2 Å². The largest absolute Gasteiger partial charge is 0.490 e. The fourth-order valence-corrected chi connectivity index (χ4v) is 2.09. The third kappa shape index (κ3) is 4.63. The lowest BCUT2D eigenvalue weighted by molar-refractivity contribution is -0.384. The molecule has 0 radical (unpaired) electrons. The van der Waals surface area contributed by atoms with Crippen LogP contribution in [0.2, 0.25) is 0 Å². The molecule has 0 atom stereocenters. The maximum absolute atomic E-state index is 11.0. The highest BCUT2D eigenvalue weighted by Crippen LogP contribution is 2.23. The van der Waals surface area contributed by atoms with E-state index in [2.05, 4.69) is 15.3 Å². The summed E-state index contributed by atoms with van der Waals surface area (Å²) in [6.45, 7) is 0.614. The van der Waals surface area contributed by atoms with Gasteiger partial charge in [-0.3, -0.25) is 10.1 Å². The van der Waals surface area contributed by atoms with Crippen LogP contribution in [0.25, 0.3) is 0 Å². The number of nitro groups is 1. The van der Waals surface area contributed by atoms with E-state index < -0.39 is 4.92 Å². The predicted octanol–water partition coefficient (Wildman–Crippen LogP) is 2.53. The highest BCUT2D eigenvalue weighted by molar-refractivity contribution is 5.84. The first-order valence-electron chi connectivity index (χ1n) is 7.70. The highest BCUT2D eigenvalue weighted by atomic mass is 16.6. The second-order valence-corrected chi connectivity index (χ2v) is 5.08. The van der Waals surface area contributed by atoms with E-state index in [0.717, 1.165) is 5.75 Å². The van der Waals surface area contributed by atoms with Crippen LogP contribution in [0.15, 0.2) is 66.3 Å². The molecule has 9 nitrogen and oxygen atoms in total. The second-order valence-electron chi connectivity index (χ2n) is 5.08. The summed E-state index contributed by atoms with van der Waals surface area (Å²) < 4.78 is 12.6. The van der Waals surface area contributed by atoms with Gasteiger partial charge in [0.1, 0.15) is 37.4 Å². The Labute approximate surface area is 148 Å². The summed E-state index contributed by atoms with van der Waals surface area (Å²) in [7, 11) is 0. The van der Waals surface area contributed by atoms with E-state index in [1.54, 1.807) is 0 Å². The molecule has 26 heavy (non-hydrogen) atoms. The van der Waals surface area contributed by atoms with Crippen molar-refractivity contribution >= 4 is 11.9 Å². The topological polar surface area (TPSA) is 105 Å². The first kappa shape index (κ1) is 17.1. The molecular formula is C17H15N5O4. The molecule has 132 valence electrons. The summed E-state index contributed by atoms with van der Waals surface area (Å²) in [6, 6.07) is 13.7. The molecule has 1 aromatic heterocycles. The Morgan fingerprint density at radius 1 is 1.08 bits per heavy atom. The van der Waals surface area contributed by atoms with Crippen LogP contribution in [-0.2, 0) is 0 Å². The third-order valence-corrected chi connectivity index (χ3v) is 3.29. The Hall–Kier alpha value is -3.75. The Balaban J connectivity index is 1.67. The number of hydrogen-bond donors (Lipinski definition) is 0. The number of para-hydroxylation sites is 1. The maximum Gasteiger partial charge on any atom is 0.270 e. The number of aromatic nitrogens is 3. The van der Waals surface area contributed by atoms with Crippen LogP contribution in [0, 0.1) is 10.1 Å². The van der Waals surface area contributed by atoms with Crippen molar-refractivity contribution in [2.75, 3.05) is 13.2 Å². The molecule has 3 aromatic rings. The molecule has 0 saturated carbocycles. The lowest BCUT2D eigenvalue weighted by atomic mass is 10.2. The normalized spacial score (nSPS) is 10.8. The van der Waals surface area contributed by atoms with Crippen molar-refractivity contribution in [1.82, 2.24) is 14.9 Å². The molecule has 1 heterocycles. The highest BCUT2D eigenvalue weighted by Gasteiger charge is 2.11. The van der Waals surface area contributed by atoms with Crippen LogP contribution >= 0.6 is 0 Å². The predicted molar refractivity (Wildman–Crippen MR) is 93.5 cm³/mol. The lowest BCUT2D eigenvalue weighted by Gasteiger charge is -2.10. The second kappa shape index (κ2) is 8.38. The zero-order valence-corrected chi connectivity index (χ0v) is 13.6. The van der Waals surface area contributed by atoms with Crippen molar-refractivity contribution < 1.29 is 14.4 Å². The molecule has 2 aromatic carbocycles. The number of hydrogen-bond acceptors (Lipinski definition) is 7. The Morgan fingerprint density at radius 3 is 2.54 bits per heavy atom. The zero-order chi connectivity index (χ0) is 18.2. The van der Waals surface area contributed by atoms with Crippen LogP contribution in [0.1, 0.15) is 5.56 Å². The van der Waals surface area contributed by atoms with Gasteiger partial charge in [0, 0.05) is 17.7 Å². The fraction of sp³-hybridized carbons (Fsp3) is 0.118. The molecule has 0 bridgehead atoms. The summed E-state index contributed by atoms with van der Waals surface area (Å²) in [5, 5.41) is 22.4. The van der Waals surface area contributed by atoms with Gasteiger partial charge in [0.2, 0.25) is 0 Å². The first-order chi connectivity index (χ1) is 12.7. The summed E-state index contributed by atoms with van der Waals surface area (Å²) in [6.07, 6.45) is 4.26. The van der Waals surface area contributed by atoms with Gasteiger partial charge in [0.05, 0.1) is 11.1 Å². The molecule has 0 fully saturated rings. The van der Waals surface area contributed by atoms with Gasteiger partial charge in [0.25, 0.3) is 5.69 Å². The van der Waals surface area contributed by atoms with Crippen molar-refractivity contribution in [3.8, 4) is 11.5 Å². The van der Waals surface area contributed by atoms with E-state index in [-0.39, 0.29) is 12.3 Å². The van der Waals surface area contributed by atoms with E-state index >= 15 is 0 Å². The molecular weight excluding hydrogens is 338 g/mol. The number of rotatable bonds is 8. The number of nitrogens with zero attached hydrogens (tertiary/aromatic N) is 5. The van der Waals surface area contributed by atoms with Crippen molar-refractivity contribution in [2.24, 2.45) is 5.10 Å². The number of nitro benzene ring substituents is 1. The van der Waals surface area contributed by atoms with Gasteiger partial charge in [-0.1, -0.05) is 18.2 Å². The van der Waals surface area contributed by atoms with E-state index in [0.29, 0.717) is 17.9 Å². The molecule has 3 rings (SSSR count). The van der Waals surface area contributed by atoms with Gasteiger partial charge in [-0.25, -0.2) is 4.68 Å². The molecule has 0 aliphatic heterocycles. The van der Waals surface area contributed by atoms with Crippen molar-refractivity contribution in [3.05, 3.63) is 76.9 Å². The standard InChI is InChI=1S/C17H15N5O4/c23-22(24)15-6-7-17(14(10-15)11-20-21-12-18-19-13-21)26-9-8-25-16-4-2-1-3-5-16/h1-7,10-13H,8-9H2. The summed E-state index contributed by atoms with van der Waals surface area (Å²) in [4.78, 5) is 10.5. The average Bonchev–Trinajstić information content (AvgIpc) is 3.18. The van der Waals surface area contributed by atoms with Crippen LogP contribution < -0.4 is 9.47 Å². The summed E-state index contributed by atoms with van der Waals surface area (Å²) >= 11 is 0. The maximum atomic E-state index is 11.0. The molecule has 0 amide bonds. The molecule has 0 aliphatic carbocycles. The SMILES string of the molecule is O=[N+]([O-])c1ccc(OCCOc2ccccc2)c(C=Nn2cnnc2)c1. The molecule has 0 spiro atoms. The van der Waals surface area contributed by atoms with Crippen LogP contribution in [0.4, 0.5) is 5.69 Å². The smallest absolute Gasteiger partial charge is 0.270 e. The summed E-state index contributed by atoms with van der Waals surface area (Å²) in [5.74, 6) is 1.21. The van der Waals surface area contributed by atoms with E-state index in [9.17, 15) is 10.1 Å². The molecule has 0 saturated heterocycles. The quantitative estimate of drug-likeness (QED) is 0.267. The monoisotopic (exact) mass is 353 g/mol. The van der Waals surface area contributed by atoms with Gasteiger partial charge >= 0.3 is 0 Å². The minimum atomic E-state index is -0.474. The minimum absolute atomic E-state index is 0.0527. The van der Waals surface area contributed by atoms with Crippen molar-refractivity contribution in [3.63, 3.8) is 0 Å². The van der Waals surface area contributed by atoms with Gasteiger partial charge in [-0.05, 0) is 18.2 Å². The van der Waals surface area contributed by atoms with Crippen LogP contribution in [-0.4, -0.2) is 39.2 Å². The van der Waals surface area contributed by atoms with Gasteiger partial charge in [-0.2, -0.15) is 5.10 Å². The third-order valence-electron chi connectivity index (χ3n) is 3.29. The van der Waals surface area contributed by atoms with Crippen molar-refractivity contribution in [2.45, 2.75) is 0 Å². The Kier molecular flexibility index (Phi) is 5.51. The van der Waals surface area contributed by atoms with Crippen LogP contribution in [0.5, 0.6) is 11.5 Å². The zero-order valence-electron chi connectivity index (χ0n) is 13.6. The Bertz CT molecular complexity index is 881. The lowest BCUT2D eigenvalue weighted by Crippen LogP contribution is -2.10. The average molecular weight is 353 g/mol. The number of ether oxygens (including phenoxy) is 2. The number of benzene rings is 2. The minimum Gasteiger partial charge on any atom is -0.490 e. The van der Waals surface area contributed by atoms with Crippen molar-refractivity contribution in [1.29, 1.82) is 0 Å². The fourth-order valence-electron chi connectivity index (χ4n) is 2.09. The van der Waals surface area contributed by atoms with Gasteiger partial charge < -0.3 is 9.47 Å². The van der Waals surface area contributed by atoms with Crippen LogP contribution in [0.3, 0.4) is 0 Å². The van der Waals surface area contributed by atoms with E-state index in [1.807, 2.05) is 30.3 Å². The summed E-state index contributed by atoms with van der Waals surface area (Å²) in [5.41, 5.74) is 0.413. The first-order valence-corrected chi connectivity index (χ1v) is 7.70. The van der Waals surface area contributed by atoms with Gasteiger partial charge in [0.15, 0.2) is 0 Å². The molecule has 0 N–H and O–H groups in total. The number of non-ortho nitro benzene ring substituents is 1.